The normalized spacial score (nSPS) is 19.6. The highest BCUT2D eigenvalue weighted by atomic mass is 16.4. The van der Waals surface area contributed by atoms with E-state index in [2.05, 4.69) is 4.98 Å². The maximum atomic E-state index is 11.1. The number of benzene rings is 1. The maximum Gasteiger partial charge on any atom is 0.326 e. The van der Waals surface area contributed by atoms with E-state index in [1.807, 2.05) is 25.1 Å². The van der Waals surface area contributed by atoms with Gasteiger partial charge in [-0.1, -0.05) is 6.07 Å². The average molecular weight is 246 g/mol. The van der Waals surface area contributed by atoms with Crippen molar-refractivity contribution in [2.75, 3.05) is 11.4 Å². The highest BCUT2D eigenvalue weighted by Gasteiger charge is 2.33. The highest BCUT2D eigenvalue weighted by molar-refractivity contribution is 5.80. The summed E-state index contributed by atoms with van der Waals surface area (Å²) in [7, 11) is 0. The van der Waals surface area contributed by atoms with Gasteiger partial charge in [-0.15, -0.1) is 0 Å². The SMILES string of the molecule is Cc1ccc2oc(N3CCC[C@H]3C(=O)O)nc2c1. The standard InChI is InChI=1S/C13H14N2O3/c1-8-4-5-11-9(7-8)14-13(18-11)15-6-2-3-10(15)12(16)17/h4-5,7,10H,2-3,6H2,1H3,(H,16,17)/t10-/m0/s1. The Balaban J connectivity index is 2.01. The molecule has 0 saturated carbocycles. The molecule has 0 spiro atoms. The van der Waals surface area contributed by atoms with Crippen LogP contribution < -0.4 is 4.90 Å². The number of aromatic nitrogens is 1. The fourth-order valence-corrected chi connectivity index (χ4v) is 2.40. The summed E-state index contributed by atoms with van der Waals surface area (Å²) < 4.78 is 5.64. The molecule has 0 amide bonds. The third-order valence-electron chi connectivity index (χ3n) is 3.32. The number of carboxylic acid groups (broad SMARTS) is 1. The van der Waals surface area contributed by atoms with Gasteiger partial charge in [-0.2, -0.15) is 4.98 Å². The fraction of sp³-hybridized carbons (Fsp3) is 0.385. The molecule has 1 aromatic carbocycles. The predicted molar refractivity (Wildman–Crippen MR) is 66.7 cm³/mol. The van der Waals surface area contributed by atoms with Gasteiger partial charge in [-0.3, -0.25) is 0 Å². The van der Waals surface area contributed by atoms with E-state index in [1.54, 1.807) is 4.90 Å². The summed E-state index contributed by atoms with van der Waals surface area (Å²) in [4.78, 5) is 17.3. The molecule has 0 radical (unpaired) electrons. The first-order chi connectivity index (χ1) is 8.65. The van der Waals surface area contributed by atoms with Gasteiger partial charge in [-0.25, -0.2) is 4.79 Å². The topological polar surface area (TPSA) is 66.6 Å². The Hall–Kier alpha value is -2.04. The largest absolute Gasteiger partial charge is 0.480 e. The van der Waals surface area contributed by atoms with Crippen LogP contribution in [0.2, 0.25) is 0 Å². The number of nitrogens with zero attached hydrogens (tertiary/aromatic N) is 2. The third-order valence-corrected chi connectivity index (χ3v) is 3.32. The molecule has 1 aliphatic rings. The Bertz CT molecular complexity index is 605. The van der Waals surface area contributed by atoms with E-state index in [0.717, 1.165) is 17.5 Å². The van der Waals surface area contributed by atoms with Gasteiger partial charge in [0.2, 0.25) is 0 Å². The van der Waals surface area contributed by atoms with Crippen molar-refractivity contribution < 1.29 is 14.3 Å². The number of carbonyl (C=O) groups is 1. The van der Waals surface area contributed by atoms with Crippen LogP contribution in [0.1, 0.15) is 18.4 Å². The smallest absolute Gasteiger partial charge is 0.326 e. The van der Waals surface area contributed by atoms with Crippen molar-refractivity contribution in [3.05, 3.63) is 23.8 Å². The predicted octanol–water partition coefficient (Wildman–Crippen LogP) is 2.19. The molecule has 1 atom stereocenters. The minimum Gasteiger partial charge on any atom is -0.480 e. The van der Waals surface area contributed by atoms with Crippen LogP contribution in [0.15, 0.2) is 22.6 Å². The van der Waals surface area contributed by atoms with Crippen LogP contribution in [-0.4, -0.2) is 28.6 Å². The quantitative estimate of drug-likeness (QED) is 0.879. The van der Waals surface area contributed by atoms with Gasteiger partial charge >= 0.3 is 5.97 Å². The lowest BCUT2D eigenvalue weighted by Gasteiger charge is -2.18. The van der Waals surface area contributed by atoms with E-state index in [4.69, 9.17) is 9.52 Å². The second kappa shape index (κ2) is 4.01. The minimum atomic E-state index is -0.814. The molecule has 1 N–H and O–H groups in total. The maximum absolute atomic E-state index is 11.1. The first-order valence-electron chi connectivity index (χ1n) is 6.02. The van der Waals surface area contributed by atoms with Gasteiger partial charge in [0.25, 0.3) is 6.01 Å². The molecule has 0 bridgehead atoms. The number of carboxylic acids is 1. The lowest BCUT2D eigenvalue weighted by Crippen LogP contribution is -2.36. The summed E-state index contributed by atoms with van der Waals surface area (Å²) in [5.41, 5.74) is 2.59. The van der Waals surface area contributed by atoms with Crippen molar-refractivity contribution in [1.82, 2.24) is 4.98 Å². The zero-order chi connectivity index (χ0) is 12.7. The first kappa shape index (κ1) is 11.1. The molecule has 5 nitrogen and oxygen atoms in total. The molecule has 5 heteroatoms. The summed E-state index contributed by atoms with van der Waals surface area (Å²) in [5.74, 6) is -0.814. The second-order valence-corrected chi connectivity index (χ2v) is 4.66. The monoisotopic (exact) mass is 246 g/mol. The van der Waals surface area contributed by atoms with Gasteiger partial charge in [0.15, 0.2) is 5.58 Å². The molecule has 1 aliphatic heterocycles. The fourth-order valence-electron chi connectivity index (χ4n) is 2.40. The first-order valence-corrected chi connectivity index (χ1v) is 6.02. The van der Waals surface area contributed by atoms with Crippen LogP contribution in [0, 0.1) is 6.92 Å². The van der Waals surface area contributed by atoms with Gasteiger partial charge < -0.3 is 14.4 Å². The van der Waals surface area contributed by atoms with Gasteiger partial charge in [0.1, 0.15) is 11.6 Å². The van der Waals surface area contributed by atoms with Crippen molar-refractivity contribution in [3.8, 4) is 0 Å². The molecule has 18 heavy (non-hydrogen) atoms. The van der Waals surface area contributed by atoms with E-state index < -0.39 is 12.0 Å². The van der Waals surface area contributed by atoms with Crippen molar-refractivity contribution in [1.29, 1.82) is 0 Å². The molecule has 3 rings (SSSR count). The molecule has 1 saturated heterocycles. The lowest BCUT2D eigenvalue weighted by atomic mass is 10.2. The summed E-state index contributed by atoms with van der Waals surface area (Å²) >= 11 is 0. The zero-order valence-corrected chi connectivity index (χ0v) is 10.1. The highest BCUT2D eigenvalue weighted by Crippen LogP contribution is 2.28. The number of hydrogen-bond donors (Lipinski definition) is 1. The number of hydrogen-bond acceptors (Lipinski definition) is 4. The lowest BCUT2D eigenvalue weighted by molar-refractivity contribution is -0.138. The Morgan fingerprint density at radius 3 is 3.17 bits per heavy atom. The second-order valence-electron chi connectivity index (χ2n) is 4.66. The van der Waals surface area contributed by atoms with Crippen LogP contribution in [0.3, 0.4) is 0 Å². The molecule has 0 unspecified atom stereocenters. The van der Waals surface area contributed by atoms with Crippen LogP contribution in [-0.2, 0) is 4.79 Å². The number of rotatable bonds is 2. The Morgan fingerprint density at radius 2 is 2.39 bits per heavy atom. The van der Waals surface area contributed by atoms with Crippen LogP contribution in [0.4, 0.5) is 6.01 Å². The molecule has 2 heterocycles. The van der Waals surface area contributed by atoms with E-state index in [-0.39, 0.29) is 0 Å². The van der Waals surface area contributed by atoms with Crippen molar-refractivity contribution in [2.24, 2.45) is 0 Å². The van der Waals surface area contributed by atoms with Gasteiger partial charge in [-0.05, 0) is 37.5 Å². The number of oxazole rings is 1. The summed E-state index contributed by atoms with van der Waals surface area (Å²) in [6.45, 7) is 2.67. The summed E-state index contributed by atoms with van der Waals surface area (Å²) in [5, 5.41) is 9.15. The number of fused-ring (bicyclic) bond motifs is 1. The van der Waals surface area contributed by atoms with Crippen molar-refractivity contribution in [3.63, 3.8) is 0 Å². The Labute approximate surface area is 104 Å². The molecule has 0 aliphatic carbocycles. The van der Waals surface area contributed by atoms with E-state index in [1.165, 1.54) is 0 Å². The molecule has 94 valence electrons. The zero-order valence-electron chi connectivity index (χ0n) is 10.1. The van der Waals surface area contributed by atoms with E-state index in [9.17, 15) is 4.79 Å². The average Bonchev–Trinajstić information content (AvgIpc) is 2.93. The van der Waals surface area contributed by atoms with Gasteiger partial charge in [0, 0.05) is 6.54 Å². The number of aliphatic carboxylic acids is 1. The van der Waals surface area contributed by atoms with Crippen LogP contribution in [0.5, 0.6) is 0 Å². The molecule has 2 aromatic rings. The van der Waals surface area contributed by atoms with E-state index in [0.29, 0.717) is 24.6 Å². The van der Waals surface area contributed by atoms with Crippen LogP contribution in [0.25, 0.3) is 11.1 Å². The molecule has 1 aromatic heterocycles. The Kier molecular flexibility index (Phi) is 2.47. The molecule has 1 fully saturated rings. The number of anilines is 1. The molecular formula is C13H14N2O3. The Morgan fingerprint density at radius 1 is 1.56 bits per heavy atom. The van der Waals surface area contributed by atoms with E-state index >= 15 is 0 Å². The molecular weight excluding hydrogens is 232 g/mol. The van der Waals surface area contributed by atoms with Crippen molar-refractivity contribution >= 4 is 23.1 Å². The summed E-state index contributed by atoms with van der Waals surface area (Å²) in [6, 6.07) is 5.66. The minimum absolute atomic E-state index is 0.417. The van der Waals surface area contributed by atoms with Crippen LogP contribution >= 0.6 is 0 Å². The third kappa shape index (κ3) is 1.72. The summed E-state index contributed by atoms with van der Waals surface area (Å²) in [6.07, 6.45) is 1.50. The number of aryl methyl sites for hydroxylation is 1. The van der Waals surface area contributed by atoms with Crippen molar-refractivity contribution in [2.45, 2.75) is 25.8 Å². The van der Waals surface area contributed by atoms with Gasteiger partial charge in [0.05, 0.1) is 0 Å².